The van der Waals surface area contributed by atoms with Crippen molar-refractivity contribution in [1.29, 1.82) is 0 Å². The number of hydrogen-bond acceptors (Lipinski definition) is 5. The van der Waals surface area contributed by atoms with Gasteiger partial charge < -0.3 is 4.74 Å². The van der Waals surface area contributed by atoms with Crippen LogP contribution in [0.3, 0.4) is 0 Å². The van der Waals surface area contributed by atoms with Crippen LogP contribution < -0.4 is 4.74 Å². The van der Waals surface area contributed by atoms with E-state index in [1.165, 1.54) is 11.5 Å². The minimum atomic E-state index is 0.551. The Labute approximate surface area is 126 Å². The van der Waals surface area contributed by atoms with Crippen molar-refractivity contribution in [2.24, 2.45) is 0 Å². The van der Waals surface area contributed by atoms with Gasteiger partial charge in [0.05, 0.1) is 5.02 Å². The largest absolute Gasteiger partial charge is 0.491 e. The van der Waals surface area contributed by atoms with Crippen LogP contribution in [0.25, 0.3) is 0 Å². The maximum Gasteiger partial charge on any atom is 0.138 e. The molecule has 1 heterocycles. The maximum absolute atomic E-state index is 6.00. The third-order valence-electron chi connectivity index (χ3n) is 2.50. The van der Waals surface area contributed by atoms with Crippen molar-refractivity contribution in [2.75, 3.05) is 20.2 Å². The summed E-state index contributed by atoms with van der Waals surface area (Å²) in [7, 11) is 1.98. The molecule has 1 aromatic carbocycles. The van der Waals surface area contributed by atoms with E-state index in [2.05, 4.69) is 14.5 Å². The van der Waals surface area contributed by atoms with Gasteiger partial charge in [-0.2, -0.15) is 0 Å². The molecule has 0 aliphatic heterocycles. The van der Waals surface area contributed by atoms with Crippen LogP contribution in [0.2, 0.25) is 9.36 Å². The van der Waals surface area contributed by atoms with E-state index in [1.807, 2.05) is 25.2 Å². The van der Waals surface area contributed by atoms with Gasteiger partial charge in [-0.05, 0) is 19.2 Å². The first-order valence-electron chi connectivity index (χ1n) is 5.69. The van der Waals surface area contributed by atoms with Crippen LogP contribution in [0.15, 0.2) is 24.3 Å². The molecule has 0 atom stereocenters. The van der Waals surface area contributed by atoms with E-state index in [4.69, 9.17) is 27.9 Å². The monoisotopic (exact) mass is 317 g/mol. The third-order valence-corrected chi connectivity index (χ3v) is 3.79. The van der Waals surface area contributed by atoms with Crippen LogP contribution in [0.4, 0.5) is 0 Å². The molecule has 2 rings (SSSR count). The third kappa shape index (κ3) is 4.31. The van der Waals surface area contributed by atoms with Gasteiger partial charge in [0, 0.05) is 24.6 Å². The highest BCUT2D eigenvalue weighted by Crippen LogP contribution is 2.23. The second-order valence-corrected chi connectivity index (χ2v) is 5.77. The number of nitrogens with zero attached hydrogens (tertiary/aromatic N) is 3. The van der Waals surface area contributed by atoms with Gasteiger partial charge in [-0.15, -0.1) is 5.10 Å². The van der Waals surface area contributed by atoms with Gasteiger partial charge >= 0.3 is 0 Å². The van der Waals surface area contributed by atoms with Gasteiger partial charge in [0.25, 0.3) is 0 Å². The Balaban J connectivity index is 1.77. The van der Waals surface area contributed by atoms with Crippen molar-refractivity contribution in [2.45, 2.75) is 6.54 Å². The molecule has 0 aliphatic carbocycles. The minimum Gasteiger partial charge on any atom is -0.491 e. The zero-order chi connectivity index (χ0) is 13.7. The zero-order valence-corrected chi connectivity index (χ0v) is 12.7. The molecule has 4 nitrogen and oxygen atoms in total. The highest BCUT2D eigenvalue weighted by Gasteiger charge is 2.08. The molecule has 0 spiro atoms. The molecular weight excluding hydrogens is 305 g/mol. The standard InChI is InChI=1S/C12H13Cl2N3OS/c1-17(8-10-12(14)19-16-15-10)6-7-18-11-5-3-2-4-9(11)13/h2-5H,6-8H2,1H3. The van der Waals surface area contributed by atoms with Crippen LogP contribution in [-0.4, -0.2) is 34.7 Å². The first kappa shape index (κ1) is 14.5. The number of rotatable bonds is 6. The number of likely N-dealkylation sites (N-methyl/N-ethyl adjacent to an activating group) is 1. The molecule has 0 aliphatic rings. The molecule has 0 fully saturated rings. The lowest BCUT2D eigenvalue weighted by Gasteiger charge is -2.16. The lowest BCUT2D eigenvalue weighted by atomic mass is 10.3. The minimum absolute atomic E-state index is 0.551. The first-order chi connectivity index (χ1) is 9.16. The molecule has 0 saturated carbocycles. The molecule has 0 N–H and O–H groups in total. The summed E-state index contributed by atoms with van der Waals surface area (Å²) in [6.07, 6.45) is 0. The average molecular weight is 318 g/mol. The number of aromatic nitrogens is 2. The van der Waals surface area contributed by atoms with Crippen LogP contribution in [0, 0.1) is 0 Å². The summed E-state index contributed by atoms with van der Waals surface area (Å²) in [5, 5.41) is 4.59. The van der Waals surface area contributed by atoms with E-state index in [1.54, 1.807) is 6.07 Å². The fourth-order valence-electron chi connectivity index (χ4n) is 1.50. The fourth-order valence-corrected chi connectivity index (χ4v) is 2.30. The highest BCUT2D eigenvalue weighted by molar-refractivity contribution is 7.10. The summed E-state index contributed by atoms with van der Waals surface area (Å²) in [6, 6.07) is 7.43. The van der Waals surface area contributed by atoms with E-state index in [9.17, 15) is 0 Å². The second kappa shape index (κ2) is 7.05. The van der Waals surface area contributed by atoms with Gasteiger partial charge in [-0.25, -0.2) is 0 Å². The number of para-hydroxylation sites is 1. The Kier molecular flexibility index (Phi) is 5.39. The van der Waals surface area contributed by atoms with Gasteiger partial charge in [0.15, 0.2) is 0 Å². The summed E-state index contributed by atoms with van der Waals surface area (Å²) in [6.45, 7) is 1.95. The lowest BCUT2D eigenvalue weighted by molar-refractivity contribution is 0.231. The Hall–Kier alpha value is -0.880. The van der Waals surface area contributed by atoms with E-state index in [0.717, 1.165) is 12.2 Å². The molecule has 19 heavy (non-hydrogen) atoms. The van der Waals surface area contributed by atoms with E-state index in [-0.39, 0.29) is 0 Å². The number of hydrogen-bond donors (Lipinski definition) is 0. The first-order valence-corrected chi connectivity index (χ1v) is 7.22. The molecular formula is C12H13Cl2N3OS. The molecule has 2 aromatic rings. The highest BCUT2D eigenvalue weighted by atomic mass is 35.5. The average Bonchev–Trinajstić information content (AvgIpc) is 2.77. The number of halogens is 2. The summed E-state index contributed by atoms with van der Waals surface area (Å²) in [4.78, 5) is 2.07. The maximum atomic E-state index is 6.00. The summed E-state index contributed by atoms with van der Waals surface area (Å²) >= 11 is 13.2. The predicted octanol–water partition coefficient (Wildman–Crippen LogP) is 3.36. The van der Waals surface area contributed by atoms with Gasteiger partial charge in [0.1, 0.15) is 22.4 Å². The van der Waals surface area contributed by atoms with Crippen molar-refractivity contribution in [3.05, 3.63) is 39.3 Å². The van der Waals surface area contributed by atoms with Crippen LogP contribution in [-0.2, 0) is 6.54 Å². The topological polar surface area (TPSA) is 38.2 Å². The van der Waals surface area contributed by atoms with Gasteiger partial charge in [-0.1, -0.05) is 39.8 Å². The number of ether oxygens (including phenoxy) is 1. The van der Waals surface area contributed by atoms with Crippen molar-refractivity contribution in [3.63, 3.8) is 0 Å². The Morgan fingerprint density at radius 2 is 2.11 bits per heavy atom. The SMILES string of the molecule is CN(CCOc1ccccc1Cl)Cc1nnsc1Cl. The molecule has 0 amide bonds. The molecule has 0 unspecified atom stereocenters. The van der Waals surface area contributed by atoms with Crippen molar-refractivity contribution in [1.82, 2.24) is 14.5 Å². The van der Waals surface area contributed by atoms with Crippen molar-refractivity contribution >= 4 is 34.7 Å². The fraction of sp³-hybridized carbons (Fsp3) is 0.333. The Morgan fingerprint density at radius 3 is 2.79 bits per heavy atom. The number of benzene rings is 1. The zero-order valence-electron chi connectivity index (χ0n) is 10.3. The lowest BCUT2D eigenvalue weighted by Crippen LogP contribution is -2.24. The van der Waals surface area contributed by atoms with E-state index in [0.29, 0.717) is 28.3 Å². The van der Waals surface area contributed by atoms with Crippen LogP contribution >= 0.6 is 34.7 Å². The van der Waals surface area contributed by atoms with Crippen molar-refractivity contribution < 1.29 is 4.74 Å². The molecule has 102 valence electrons. The van der Waals surface area contributed by atoms with Gasteiger partial charge in [0.2, 0.25) is 0 Å². The van der Waals surface area contributed by atoms with Gasteiger partial charge in [-0.3, -0.25) is 4.90 Å². The second-order valence-electron chi connectivity index (χ2n) is 4.01. The van der Waals surface area contributed by atoms with Crippen LogP contribution in [0.1, 0.15) is 5.69 Å². The normalized spacial score (nSPS) is 10.9. The molecule has 0 bridgehead atoms. The molecule has 0 radical (unpaired) electrons. The van der Waals surface area contributed by atoms with Crippen LogP contribution in [0.5, 0.6) is 5.75 Å². The van der Waals surface area contributed by atoms with Crippen molar-refractivity contribution in [3.8, 4) is 5.75 Å². The predicted molar refractivity (Wildman–Crippen MR) is 78.2 cm³/mol. The summed E-state index contributed by atoms with van der Waals surface area (Å²) in [5.74, 6) is 0.700. The summed E-state index contributed by atoms with van der Waals surface area (Å²) < 4.78 is 10.1. The molecule has 0 saturated heterocycles. The molecule has 7 heteroatoms. The summed E-state index contributed by atoms with van der Waals surface area (Å²) in [5.41, 5.74) is 0.798. The quantitative estimate of drug-likeness (QED) is 0.819. The van der Waals surface area contributed by atoms with E-state index < -0.39 is 0 Å². The molecule has 1 aromatic heterocycles. The Morgan fingerprint density at radius 1 is 1.32 bits per heavy atom. The smallest absolute Gasteiger partial charge is 0.138 e. The Bertz CT molecular complexity index is 535. The van der Waals surface area contributed by atoms with E-state index >= 15 is 0 Å².